The molecule has 6 rings (SSSR count). The second-order valence-electron chi connectivity index (χ2n) is 9.03. The molecular formula is C26H22FN5O2. The van der Waals surface area contributed by atoms with E-state index >= 15 is 0 Å². The summed E-state index contributed by atoms with van der Waals surface area (Å²) in [6.07, 6.45) is 11.1. The first-order valence-electron chi connectivity index (χ1n) is 11.4. The van der Waals surface area contributed by atoms with E-state index in [1.165, 1.54) is 24.9 Å². The lowest BCUT2D eigenvalue weighted by atomic mass is 9.77. The van der Waals surface area contributed by atoms with E-state index in [1.807, 2.05) is 18.3 Å². The van der Waals surface area contributed by atoms with Crippen LogP contribution in [0.25, 0.3) is 22.2 Å². The van der Waals surface area contributed by atoms with E-state index in [1.54, 1.807) is 6.07 Å². The van der Waals surface area contributed by atoms with E-state index < -0.39 is 11.7 Å². The maximum absolute atomic E-state index is 13.4. The Kier molecular flexibility index (Phi) is 4.69. The predicted molar refractivity (Wildman–Crippen MR) is 126 cm³/mol. The lowest BCUT2D eigenvalue weighted by Crippen LogP contribution is -2.40. The highest BCUT2D eigenvalue weighted by Gasteiger charge is 2.43. The molecule has 0 radical (unpaired) electrons. The molecule has 1 aromatic carbocycles. The van der Waals surface area contributed by atoms with Gasteiger partial charge < -0.3 is 15.6 Å². The third-order valence-electron chi connectivity index (χ3n) is 6.91. The van der Waals surface area contributed by atoms with E-state index in [2.05, 4.69) is 31.7 Å². The molecule has 3 N–H and O–H groups in total. The first-order valence-corrected chi connectivity index (χ1v) is 11.4. The Bertz CT molecular complexity index is 1450. The Balaban J connectivity index is 1.38. The minimum atomic E-state index is -0.528. The van der Waals surface area contributed by atoms with Gasteiger partial charge >= 0.3 is 0 Å². The quantitative estimate of drug-likeness (QED) is 0.408. The average Bonchev–Trinajstić information content (AvgIpc) is 3.38. The van der Waals surface area contributed by atoms with Crippen LogP contribution in [0.4, 0.5) is 10.1 Å². The van der Waals surface area contributed by atoms with Gasteiger partial charge in [-0.25, -0.2) is 9.37 Å². The number of aromatic amines is 1. The van der Waals surface area contributed by atoms with Crippen LogP contribution in [0.2, 0.25) is 0 Å². The largest absolute Gasteiger partial charge is 0.346 e. The zero-order chi connectivity index (χ0) is 23.3. The van der Waals surface area contributed by atoms with Crippen molar-refractivity contribution < 1.29 is 14.0 Å². The topological polar surface area (TPSA) is 99.8 Å². The van der Waals surface area contributed by atoms with Crippen molar-refractivity contribution in [3.05, 3.63) is 77.6 Å². The van der Waals surface area contributed by atoms with Crippen molar-refractivity contribution in [1.29, 1.82) is 0 Å². The Hall–Kier alpha value is -4.07. The maximum Gasteiger partial charge on any atom is 0.257 e. The molecule has 3 aromatic heterocycles. The summed E-state index contributed by atoms with van der Waals surface area (Å²) in [5, 5.41) is 6.70. The number of fused-ring (bicyclic) bond motifs is 3. The van der Waals surface area contributed by atoms with Crippen LogP contribution in [0, 0.1) is 5.82 Å². The molecule has 1 aliphatic heterocycles. The zero-order valence-electron chi connectivity index (χ0n) is 18.3. The highest BCUT2D eigenvalue weighted by atomic mass is 19.1. The van der Waals surface area contributed by atoms with E-state index in [0.29, 0.717) is 11.2 Å². The van der Waals surface area contributed by atoms with Gasteiger partial charge in [0.15, 0.2) is 0 Å². The molecule has 7 nitrogen and oxygen atoms in total. The highest BCUT2D eigenvalue weighted by Crippen LogP contribution is 2.44. The van der Waals surface area contributed by atoms with Crippen LogP contribution in [0.15, 0.2) is 55.1 Å². The smallest absolute Gasteiger partial charge is 0.257 e. The normalized spacial score (nSPS) is 16.4. The molecule has 170 valence electrons. The van der Waals surface area contributed by atoms with E-state index in [0.717, 1.165) is 59.5 Å². The van der Waals surface area contributed by atoms with E-state index in [4.69, 9.17) is 0 Å². The molecule has 1 fully saturated rings. The second-order valence-corrected chi connectivity index (χ2v) is 9.03. The monoisotopic (exact) mass is 455 g/mol. The number of H-pyrrole nitrogens is 1. The van der Waals surface area contributed by atoms with Crippen LogP contribution >= 0.6 is 0 Å². The van der Waals surface area contributed by atoms with Gasteiger partial charge in [-0.15, -0.1) is 0 Å². The van der Waals surface area contributed by atoms with Gasteiger partial charge in [-0.05, 0) is 42.2 Å². The minimum absolute atomic E-state index is 0.00478. The number of anilines is 1. The first-order chi connectivity index (χ1) is 16.5. The summed E-state index contributed by atoms with van der Waals surface area (Å²) in [5.74, 6) is -0.937. The number of pyridine rings is 2. The van der Waals surface area contributed by atoms with Crippen LogP contribution in [-0.4, -0.2) is 26.8 Å². The van der Waals surface area contributed by atoms with Crippen molar-refractivity contribution in [1.82, 2.24) is 20.3 Å². The van der Waals surface area contributed by atoms with Gasteiger partial charge in [0.2, 0.25) is 0 Å². The number of nitrogens with zero attached hydrogens (tertiary/aromatic N) is 2. The third-order valence-corrected chi connectivity index (χ3v) is 6.91. The van der Waals surface area contributed by atoms with Gasteiger partial charge in [0.25, 0.3) is 11.8 Å². The molecular weight excluding hydrogens is 433 g/mol. The van der Waals surface area contributed by atoms with E-state index in [9.17, 15) is 14.0 Å². The van der Waals surface area contributed by atoms with Gasteiger partial charge in [-0.3, -0.25) is 14.6 Å². The summed E-state index contributed by atoms with van der Waals surface area (Å²) in [6.45, 7) is 0. The second kappa shape index (κ2) is 7.76. The van der Waals surface area contributed by atoms with Gasteiger partial charge in [0.1, 0.15) is 11.5 Å². The number of aromatic nitrogens is 3. The fraction of sp³-hybridized carbons (Fsp3) is 0.231. The van der Waals surface area contributed by atoms with Crippen molar-refractivity contribution >= 4 is 28.5 Å². The number of carbonyl (C=O) groups excluding carboxylic acids is 2. The van der Waals surface area contributed by atoms with Crippen molar-refractivity contribution in [3.8, 4) is 11.1 Å². The summed E-state index contributed by atoms with van der Waals surface area (Å²) >= 11 is 0. The summed E-state index contributed by atoms with van der Waals surface area (Å²) in [5.41, 5.74) is 4.65. The molecule has 0 atom stereocenters. The van der Waals surface area contributed by atoms with Crippen LogP contribution in [0.5, 0.6) is 0 Å². The molecule has 1 aliphatic carbocycles. The van der Waals surface area contributed by atoms with Crippen LogP contribution in [0.1, 0.15) is 58.4 Å². The third kappa shape index (κ3) is 3.34. The number of amides is 2. The Labute approximate surface area is 194 Å². The summed E-state index contributed by atoms with van der Waals surface area (Å²) in [6, 6.07) is 8.91. The maximum atomic E-state index is 13.4. The van der Waals surface area contributed by atoms with Crippen molar-refractivity contribution in [2.24, 2.45) is 0 Å². The molecule has 0 bridgehead atoms. The van der Waals surface area contributed by atoms with Crippen LogP contribution < -0.4 is 10.6 Å². The van der Waals surface area contributed by atoms with Crippen molar-refractivity contribution in [2.45, 2.75) is 37.6 Å². The van der Waals surface area contributed by atoms with Gasteiger partial charge in [-0.1, -0.05) is 25.3 Å². The fourth-order valence-electron chi connectivity index (χ4n) is 5.26. The molecule has 4 heterocycles. The molecule has 2 aliphatic rings. The number of nitrogens with one attached hydrogen (secondary N) is 3. The molecule has 0 saturated heterocycles. The molecule has 2 amide bonds. The first kappa shape index (κ1) is 20.5. The number of carbonyl (C=O) groups is 2. The highest BCUT2D eigenvalue weighted by molar-refractivity contribution is 6.07. The van der Waals surface area contributed by atoms with Crippen molar-refractivity contribution in [2.75, 3.05) is 5.32 Å². The molecule has 8 heteroatoms. The molecule has 4 aromatic rings. The number of rotatable bonds is 3. The number of benzene rings is 1. The summed E-state index contributed by atoms with van der Waals surface area (Å²) < 4.78 is 13.4. The number of hydrogen-bond donors (Lipinski definition) is 3. The average molecular weight is 455 g/mol. The summed E-state index contributed by atoms with van der Waals surface area (Å²) in [4.78, 5) is 36.7. The van der Waals surface area contributed by atoms with Crippen molar-refractivity contribution in [3.63, 3.8) is 0 Å². The zero-order valence-corrected chi connectivity index (χ0v) is 18.3. The van der Waals surface area contributed by atoms with Gasteiger partial charge in [0.05, 0.1) is 29.2 Å². The van der Waals surface area contributed by atoms with Gasteiger partial charge in [0, 0.05) is 35.0 Å². The Morgan fingerprint density at radius 2 is 1.88 bits per heavy atom. The minimum Gasteiger partial charge on any atom is -0.346 e. The molecule has 0 unspecified atom stereocenters. The predicted octanol–water partition coefficient (Wildman–Crippen LogP) is 4.92. The molecule has 34 heavy (non-hydrogen) atoms. The lowest BCUT2D eigenvalue weighted by Gasteiger charge is -2.34. The van der Waals surface area contributed by atoms with Gasteiger partial charge in [-0.2, -0.15) is 0 Å². The fourth-order valence-corrected chi connectivity index (χ4v) is 5.26. The Morgan fingerprint density at radius 3 is 2.71 bits per heavy atom. The number of halogens is 1. The Morgan fingerprint density at radius 1 is 1.03 bits per heavy atom. The molecule has 1 spiro atoms. The van der Waals surface area contributed by atoms with Crippen LogP contribution in [-0.2, 0) is 5.54 Å². The standard InChI is InChI=1S/C26H22FN5O2/c27-17-10-18(13-28-12-17)31-24(33)16-8-20-21(14-30-23(20)29-11-16)15-4-5-19-22(9-15)26(32-25(19)34)6-2-1-3-7-26/h4-5,8-14H,1-3,6-7H2,(H,29,30)(H,31,33)(H,32,34). The summed E-state index contributed by atoms with van der Waals surface area (Å²) in [7, 11) is 0. The number of hydrogen-bond acceptors (Lipinski definition) is 4. The SMILES string of the molecule is O=C(Nc1cncc(F)c1)c1cnc2[nH]cc(-c3ccc4c(c3)C3(CCCCC3)NC4=O)c2c1. The lowest BCUT2D eigenvalue weighted by molar-refractivity contribution is 0.0909. The molecule has 1 saturated carbocycles. The van der Waals surface area contributed by atoms with Crippen LogP contribution in [0.3, 0.4) is 0 Å². The van der Waals surface area contributed by atoms with E-state index in [-0.39, 0.29) is 17.1 Å².